The van der Waals surface area contributed by atoms with Crippen molar-refractivity contribution in [3.63, 3.8) is 0 Å². The maximum atomic E-state index is 12.2. The van der Waals surface area contributed by atoms with Crippen LogP contribution in [0.4, 0.5) is 0 Å². The summed E-state index contributed by atoms with van der Waals surface area (Å²) in [4.78, 5) is 12.2. The SMILES string of the molecule is C=CCC(C=C)/C(C=C)=C/C(=C\C)n1cc(O)c(=O)cc1CC(O)c1cccc(CNC)c1. The molecule has 174 valence electrons. The highest BCUT2D eigenvalue weighted by Crippen LogP contribution is 2.25. The van der Waals surface area contributed by atoms with Crippen LogP contribution < -0.4 is 10.7 Å². The van der Waals surface area contributed by atoms with Crippen LogP contribution in [0.1, 0.15) is 36.3 Å². The Kier molecular flexibility index (Phi) is 9.85. The van der Waals surface area contributed by atoms with Crippen molar-refractivity contribution in [3.05, 3.63) is 119 Å². The summed E-state index contributed by atoms with van der Waals surface area (Å²) in [7, 11) is 1.87. The minimum absolute atomic E-state index is 0.0342. The van der Waals surface area contributed by atoms with E-state index in [0.717, 1.165) is 22.4 Å². The largest absolute Gasteiger partial charge is 0.503 e. The van der Waals surface area contributed by atoms with E-state index in [2.05, 4.69) is 25.1 Å². The molecule has 33 heavy (non-hydrogen) atoms. The molecule has 2 rings (SSSR count). The van der Waals surface area contributed by atoms with E-state index in [4.69, 9.17) is 0 Å². The van der Waals surface area contributed by atoms with Gasteiger partial charge in [-0.2, -0.15) is 0 Å². The second-order valence-corrected chi connectivity index (χ2v) is 7.81. The van der Waals surface area contributed by atoms with Gasteiger partial charge in [-0.25, -0.2) is 0 Å². The van der Waals surface area contributed by atoms with Crippen LogP contribution in [0.3, 0.4) is 0 Å². The van der Waals surface area contributed by atoms with Gasteiger partial charge in [-0.3, -0.25) is 4.79 Å². The van der Waals surface area contributed by atoms with Crippen LogP contribution in [0.15, 0.2) is 97.0 Å². The van der Waals surface area contributed by atoms with Crippen LogP contribution in [0, 0.1) is 5.92 Å². The van der Waals surface area contributed by atoms with E-state index in [1.165, 1.54) is 12.3 Å². The standard InChI is InChI=1S/C28H34N2O3/c1-6-11-21(7-2)22(8-3)15-24(9-4)30-19-28(33)27(32)17-25(30)16-26(31)23-13-10-12-20(14-23)18-29-5/h6-10,12-15,17,19,21,26,29,31,33H,1-3,11,16,18H2,4-5H3/b22-15+,24-9+. The number of aromatic nitrogens is 1. The molecule has 0 radical (unpaired) electrons. The molecule has 0 saturated carbocycles. The molecule has 5 nitrogen and oxygen atoms in total. The summed E-state index contributed by atoms with van der Waals surface area (Å²) in [6.07, 6.45) is 10.7. The van der Waals surface area contributed by atoms with E-state index in [0.29, 0.717) is 18.7 Å². The van der Waals surface area contributed by atoms with Crippen molar-refractivity contribution in [3.8, 4) is 5.75 Å². The Morgan fingerprint density at radius 3 is 2.61 bits per heavy atom. The van der Waals surface area contributed by atoms with Gasteiger partial charge >= 0.3 is 0 Å². The fourth-order valence-corrected chi connectivity index (χ4v) is 3.72. The van der Waals surface area contributed by atoms with E-state index in [-0.39, 0.29) is 18.1 Å². The molecule has 0 aliphatic rings. The van der Waals surface area contributed by atoms with Gasteiger partial charge in [-0.1, -0.05) is 55.1 Å². The average Bonchev–Trinajstić information content (AvgIpc) is 2.81. The minimum Gasteiger partial charge on any atom is -0.503 e. The van der Waals surface area contributed by atoms with Gasteiger partial charge < -0.3 is 20.1 Å². The molecule has 1 aromatic carbocycles. The molecule has 0 bridgehead atoms. The molecule has 0 saturated heterocycles. The summed E-state index contributed by atoms with van der Waals surface area (Å²) in [5, 5.41) is 24.2. The molecular formula is C28H34N2O3. The fourth-order valence-electron chi connectivity index (χ4n) is 3.72. The normalized spacial score (nSPS) is 13.9. The number of aliphatic hydroxyl groups excluding tert-OH is 1. The minimum atomic E-state index is -0.820. The number of nitrogens with zero attached hydrogens (tertiary/aromatic N) is 1. The molecule has 0 aliphatic heterocycles. The van der Waals surface area contributed by atoms with Crippen molar-refractivity contribution < 1.29 is 10.2 Å². The Morgan fingerprint density at radius 2 is 2.00 bits per heavy atom. The Hall–Kier alpha value is -3.41. The van der Waals surface area contributed by atoms with Crippen LogP contribution in [0.25, 0.3) is 5.70 Å². The quantitative estimate of drug-likeness (QED) is 0.320. The molecule has 0 fully saturated rings. The molecule has 3 N–H and O–H groups in total. The fraction of sp³-hybridized carbons (Fsp3) is 0.250. The number of hydrogen-bond acceptors (Lipinski definition) is 4. The van der Waals surface area contributed by atoms with Gasteiger partial charge in [-0.05, 0) is 43.2 Å². The summed E-state index contributed by atoms with van der Waals surface area (Å²) in [5.41, 5.74) is 3.58. The molecule has 0 aliphatic carbocycles. The summed E-state index contributed by atoms with van der Waals surface area (Å²) >= 11 is 0. The van der Waals surface area contributed by atoms with Crippen molar-refractivity contribution in [2.75, 3.05) is 7.05 Å². The molecule has 0 amide bonds. The van der Waals surface area contributed by atoms with Crippen molar-refractivity contribution in [1.29, 1.82) is 0 Å². The number of rotatable bonds is 12. The third kappa shape index (κ3) is 6.78. The average molecular weight is 447 g/mol. The number of pyridine rings is 1. The Bertz CT molecular complexity index is 1110. The number of nitrogens with one attached hydrogen (secondary N) is 1. The lowest BCUT2D eigenvalue weighted by atomic mass is 9.94. The third-order valence-corrected chi connectivity index (χ3v) is 5.49. The topological polar surface area (TPSA) is 74.5 Å². The highest BCUT2D eigenvalue weighted by Gasteiger charge is 2.16. The Labute approximate surface area is 196 Å². The van der Waals surface area contributed by atoms with Crippen molar-refractivity contribution in [1.82, 2.24) is 9.88 Å². The summed E-state index contributed by atoms with van der Waals surface area (Å²) in [5.74, 6) is -0.324. The number of hydrogen-bond donors (Lipinski definition) is 3. The number of aromatic hydroxyl groups is 1. The van der Waals surface area contributed by atoms with Crippen LogP contribution in [-0.2, 0) is 13.0 Å². The first-order valence-electron chi connectivity index (χ1n) is 11.0. The maximum Gasteiger partial charge on any atom is 0.223 e. The van der Waals surface area contributed by atoms with Gasteiger partial charge in [0.2, 0.25) is 5.43 Å². The third-order valence-electron chi connectivity index (χ3n) is 5.49. The van der Waals surface area contributed by atoms with Gasteiger partial charge in [0.15, 0.2) is 5.75 Å². The summed E-state index contributed by atoms with van der Waals surface area (Å²) in [6.45, 7) is 14.2. The number of benzene rings is 1. The van der Waals surface area contributed by atoms with Crippen LogP contribution in [-0.4, -0.2) is 21.8 Å². The molecule has 1 aromatic heterocycles. The molecular weight excluding hydrogens is 412 g/mol. The lowest BCUT2D eigenvalue weighted by Crippen LogP contribution is -2.15. The van der Waals surface area contributed by atoms with Crippen LogP contribution in [0.5, 0.6) is 5.75 Å². The van der Waals surface area contributed by atoms with Crippen LogP contribution in [0.2, 0.25) is 0 Å². The highest BCUT2D eigenvalue weighted by atomic mass is 16.3. The zero-order valence-electron chi connectivity index (χ0n) is 19.5. The smallest absolute Gasteiger partial charge is 0.223 e. The Morgan fingerprint density at radius 1 is 1.24 bits per heavy atom. The van der Waals surface area contributed by atoms with E-state index < -0.39 is 11.5 Å². The molecule has 2 unspecified atom stereocenters. The zero-order valence-corrected chi connectivity index (χ0v) is 19.5. The summed E-state index contributed by atoms with van der Waals surface area (Å²) in [6, 6.07) is 9.07. The number of aliphatic hydroxyl groups is 1. The lowest BCUT2D eigenvalue weighted by molar-refractivity contribution is 0.176. The van der Waals surface area contributed by atoms with Crippen molar-refractivity contribution in [2.24, 2.45) is 5.92 Å². The predicted octanol–water partition coefficient (Wildman–Crippen LogP) is 4.90. The molecule has 2 aromatic rings. The molecule has 5 heteroatoms. The highest BCUT2D eigenvalue weighted by molar-refractivity contribution is 5.61. The molecule has 1 heterocycles. The van der Waals surface area contributed by atoms with Crippen LogP contribution >= 0.6 is 0 Å². The Balaban J connectivity index is 2.50. The van der Waals surface area contributed by atoms with E-state index in [1.807, 2.05) is 62.5 Å². The second kappa shape index (κ2) is 12.6. The maximum absolute atomic E-state index is 12.2. The van der Waals surface area contributed by atoms with Gasteiger partial charge in [0.25, 0.3) is 0 Å². The monoisotopic (exact) mass is 446 g/mol. The van der Waals surface area contributed by atoms with Gasteiger partial charge in [0, 0.05) is 36.3 Å². The van der Waals surface area contributed by atoms with Gasteiger partial charge in [0.1, 0.15) is 0 Å². The first-order chi connectivity index (χ1) is 15.9. The van der Waals surface area contributed by atoms with Crippen molar-refractivity contribution in [2.45, 2.75) is 32.4 Å². The van der Waals surface area contributed by atoms with E-state index >= 15 is 0 Å². The predicted molar refractivity (Wildman–Crippen MR) is 137 cm³/mol. The molecule has 2 atom stereocenters. The van der Waals surface area contributed by atoms with E-state index in [9.17, 15) is 15.0 Å². The van der Waals surface area contributed by atoms with E-state index in [1.54, 1.807) is 10.6 Å². The first-order valence-corrected chi connectivity index (χ1v) is 11.0. The summed E-state index contributed by atoms with van der Waals surface area (Å²) < 4.78 is 1.73. The molecule has 0 spiro atoms. The number of allylic oxidation sites excluding steroid dienone is 7. The first kappa shape index (κ1) is 25.8. The second-order valence-electron chi connectivity index (χ2n) is 7.81. The lowest BCUT2D eigenvalue weighted by Gasteiger charge is -2.20. The van der Waals surface area contributed by atoms with Crippen molar-refractivity contribution >= 4 is 5.70 Å². The van der Waals surface area contributed by atoms with Gasteiger partial charge in [0.05, 0.1) is 12.3 Å². The van der Waals surface area contributed by atoms with Gasteiger partial charge in [-0.15, -0.1) is 13.2 Å². The zero-order chi connectivity index (χ0) is 24.4.